The summed E-state index contributed by atoms with van der Waals surface area (Å²) in [5.74, 6) is 1.04. The number of aryl methyl sites for hydroxylation is 2. The van der Waals surface area contributed by atoms with Crippen LogP contribution in [-0.4, -0.2) is 23.4 Å². The lowest BCUT2D eigenvalue weighted by molar-refractivity contribution is -0.116. The first-order valence-electron chi connectivity index (χ1n) is 13.3. The van der Waals surface area contributed by atoms with Crippen LogP contribution in [0.5, 0.6) is 5.75 Å². The number of furan rings is 1. The lowest BCUT2D eigenvalue weighted by Crippen LogP contribution is -2.21. The van der Waals surface area contributed by atoms with Gasteiger partial charge in [0.15, 0.2) is 11.3 Å². The molecule has 0 atom stereocenters. The molecule has 0 aliphatic rings. The molecule has 42 heavy (non-hydrogen) atoms. The molecule has 2 amide bonds. The van der Waals surface area contributed by atoms with Crippen LogP contribution in [0.15, 0.2) is 83.4 Å². The van der Waals surface area contributed by atoms with Gasteiger partial charge in [0.1, 0.15) is 12.4 Å². The highest BCUT2D eigenvalue weighted by Crippen LogP contribution is 2.35. The van der Waals surface area contributed by atoms with Crippen LogP contribution >= 0.6 is 23.2 Å². The van der Waals surface area contributed by atoms with E-state index in [-0.39, 0.29) is 25.0 Å². The number of para-hydroxylation sites is 1. The van der Waals surface area contributed by atoms with Gasteiger partial charge in [-0.05, 0) is 73.5 Å². The number of nitrogens with zero attached hydrogens (tertiary/aromatic N) is 1. The maximum atomic E-state index is 12.5. The Morgan fingerprint density at radius 1 is 1.00 bits per heavy atom. The van der Waals surface area contributed by atoms with Crippen molar-refractivity contribution in [3.8, 4) is 11.4 Å². The van der Waals surface area contributed by atoms with Gasteiger partial charge in [-0.1, -0.05) is 47.5 Å². The highest BCUT2D eigenvalue weighted by molar-refractivity contribution is 6.37. The smallest absolute Gasteiger partial charge is 0.251 e. The first kappa shape index (κ1) is 29.0. The summed E-state index contributed by atoms with van der Waals surface area (Å²) in [6.45, 7) is 4.36. The van der Waals surface area contributed by atoms with Crippen molar-refractivity contribution in [2.24, 2.45) is 0 Å². The van der Waals surface area contributed by atoms with Gasteiger partial charge < -0.3 is 24.4 Å². The standard InChI is InChI=1S/C33H29Cl2N3O4/c1-20-21(2)42-32-25(20)7-4-8-29(32)41-19-26-27(34)14-15-28(31(26)35)38-17-5-6-24(38)18-37-30(39)16-11-22-9-12-23(13-10-22)33(40)36-3/h4-17H,18-19H2,1-3H3,(H,36,40)(H,37,39). The van der Waals surface area contributed by atoms with Crippen molar-refractivity contribution in [2.45, 2.75) is 27.0 Å². The molecule has 214 valence electrons. The number of carbonyl (C=O) groups is 2. The van der Waals surface area contributed by atoms with Crippen LogP contribution in [-0.2, 0) is 17.9 Å². The van der Waals surface area contributed by atoms with Crippen LogP contribution in [0, 0.1) is 13.8 Å². The Balaban J connectivity index is 1.28. The Bertz CT molecular complexity index is 1800. The molecule has 0 aliphatic heterocycles. The van der Waals surface area contributed by atoms with Crippen molar-refractivity contribution in [3.05, 3.63) is 123 Å². The van der Waals surface area contributed by atoms with Gasteiger partial charge >= 0.3 is 0 Å². The van der Waals surface area contributed by atoms with Crippen molar-refractivity contribution >= 4 is 52.1 Å². The van der Waals surface area contributed by atoms with E-state index in [0.717, 1.165) is 28.0 Å². The molecular formula is C33H29Cl2N3O4. The van der Waals surface area contributed by atoms with E-state index in [1.165, 1.54) is 6.08 Å². The Morgan fingerprint density at radius 3 is 2.55 bits per heavy atom. The largest absolute Gasteiger partial charge is 0.485 e. The molecular weight excluding hydrogens is 573 g/mol. The second-order valence-corrected chi connectivity index (χ2v) is 10.5. The summed E-state index contributed by atoms with van der Waals surface area (Å²) in [4.78, 5) is 24.2. The van der Waals surface area contributed by atoms with Crippen molar-refractivity contribution in [1.29, 1.82) is 0 Å². The normalized spacial score (nSPS) is 11.3. The fourth-order valence-electron chi connectivity index (χ4n) is 4.60. The van der Waals surface area contributed by atoms with E-state index in [2.05, 4.69) is 10.6 Å². The molecule has 5 rings (SSSR count). The third kappa shape index (κ3) is 6.08. The summed E-state index contributed by atoms with van der Waals surface area (Å²) in [5, 5.41) is 7.42. The van der Waals surface area contributed by atoms with Crippen LogP contribution in [0.2, 0.25) is 10.0 Å². The van der Waals surface area contributed by atoms with Gasteiger partial charge in [-0.25, -0.2) is 0 Å². The average molecular weight is 603 g/mol. The zero-order chi connectivity index (χ0) is 29.8. The van der Waals surface area contributed by atoms with Crippen LogP contribution in [0.25, 0.3) is 22.7 Å². The van der Waals surface area contributed by atoms with Crippen LogP contribution in [0.4, 0.5) is 0 Å². The lowest BCUT2D eigenvalue weighted by atomic mass is 10.1. The summed E-state index contributed by atoms with van der Waals surface area (Å²) >= 11 is 13.4. The fraction of sp³-hybridized carbons (Fsp3) is 0.152. The van der Waals surface area contributed by atoms with Gasteiger partial charge in [0.05, 0.1) is 17.3 Å². The third-order valence-electron chi connectivity index (χ3n) is 7.07. The second kappa shape index (κ2) is 12.6. The molecule has 0 saturated heterocycles. The molecule has 2 N–H and O–H groups in total. The minimum absolute atomic E-state index is 0.144. The number of hydrogen-bond donors (Lipinski definition) is 2. The second-order valence-electron chi connectivity index (χ2n) is 9.69. The van der Waals surface area contributed by atoms with Crippen molar-refractivity contribution in [2.75, 3.05) is 7.05 Å². The molecule has 9 heteroatoms. The number of carbonyl (C=O) groups excluding carboxylic acids is 2. The summed E-state index contributed by atoms with van der Waals surface area (Å²) in [7, 11) is 1.58. The van der Waals surface area contributed by atoms with Crippen LogP contribution < -0.4 is 15.4 Å². The molecule has 0 aliphatic carbocycles. The van der Waals surface area contributed by atoms with Crippen molar-refractivity contribution < 1.29 is 18.7 Å². The molecule has 2 heterocycles. The quantitative estimate of drug-likeness (QED) is 0.172. The minimum Gasteiger partial charge on any atom is -0.485 e. The van der Waals surface area contributed by atoms with Crippen LogP contribution in [0.3, 0.4) is 0 Å². The van der Waals surface area contributed by atoms with Crippen LogP contribution in [0.1, 0.15) is 38.5 Å². The molecule has 0 saturated carbocycles. The topological polar surface area (TPSA) is 85.5 Å². The van der Waals surface area contributed by atoms with Gasteiger partial charge in [0.25, 0.3) is 5.91 Å². The van der Waals surface area contributed by atoms with E-state index >= 15 is 0 Å². The SMILES string of the molecule is CNC(=O)c1ccc(C=CC(=O)NCc2cccn2-c2ccc(Cl)c(COc3cccc4c(C)c(C)oc34)c2Cl)cc1. The highest BCUT2D eigenvalue weighted by atomic mass is 35.5. The maximum Gasteiger partial charge on any atom is 0.251 e. The zero-order valence-electron chi connectivity index (χ0n) is 23.3. The lowest BCUT2D eigenvalue weighted by Gasteiger charge is -2.16. The number of benzene rings is 3. The van der Waals surface area contributed by atoms with Crippen molar-refractivity contribution in [1.82, 2.24) is 15.2 Å². The predicted octanol–water partition coefficient (Wildman–Crippen LogP) is 7.42. The molecule has 7 nitrogen and oxygen atoms in total. The van der Waals surface area contributed by atoms with E-state index in [1.807, 2.05) is 61.0 Å². The summed E-state index contributed by atoms with van der Waals surface area (Å²) in [6, 6.07) is 20.2. The number of nitrogens with one attached hydrogen (secondary N) is 2. The molecule has 3 aromatic carbocycles. The van der Waals surface area contributed by atoms with Crippen molar-refractivity contribution in [3.63, 3.8) is 0 Å². The summed E-state index contributed by atoms with van der Waals surface area (Å²) in [5.41, 5.74) is 5.30. The third-order valence-corrected chi connectivity index (χ3v) is 7.84. The summed E-state index contributed by atoms with van der Waals surface area (Å²) in [6.07, 6.45) is 5.02. The molecule has 0 spiro atoms. The van der Waals surface area contributed by atoms with Gasteiger partial charge in [0.2, 0.25) is 5.91 Å². The van der Waals surface area contributed by atoms with Gasteiger partial charge in [-0.15, -0.1) is 0 Å². The fourth-order valence-corrected chi connectivity index (χ4v) is 5.17. The molecule has 5 aromatic rings. The van der Waals surface area contributed by atoms with E-state index in [0.29, 0.717) is 38.2 Å². The van der Waals surface area contributed by atoms with E-state index in [1.54, 1.807) is 43.5 Å². The molecule has 0 unspecified atom stereocenters. The number of fused-ring (bicyclic) bond motifs is 1. The predicted molar refractivity (Wildman–Crippen MR) is 167 cm³/mol. The first-order chi connectivity index (χ1) is 20.3. The molecule has 0 fully saturated rings. The molecule has 0 radical (unpaired) electrons. The first-order valence-corrected chi connectivity index (χ1v) is 14.1. The van der Waals surface area contributed by atoms with Gasteiger partial charge in [-0.2, -0.15) is 0 Å². The Labute approximate surface area is 253 Å². The Morgan fingerprint density at radius 2 is 1.79 bits per heavy atom. The highest BCUT2D eigenvalue weighted by Gasteiger charge is 2.17. The molecule has 0 bridgehead atoms. The van der Waals surface area contributed by atoms with E-state index in [9.17, 15) is 9.59 Å². The van der Waals surface area contributed by atoms with Gasteiger partial charge in [-0.3, -0.25) is 9.59 Å². The number of ether oxygens (including phenoxy) is 1. The number of hydrogen-bond acceptors (Lipinski definition) is 4. The monoisotopic (exact) mass is 601 g/mol. The number of amides is 2. The van der Waals surface area contributed by atoms with E-state index < -0.39 is 0 Å². The van der Waals surface area contributed by atoms with Gasteiger partial charge in [0, 0.05) is 46.6 Å². The van der Waals surface area contributed by atoms with E-state index in [4.69, 9.17) is 32.4 Å². The Hall–Kier alpha value is -4.46. The summed E-state index contributed by atoms with van der Waals surface area (Å²) < 4.78 is 14.0. The maximum absolute atomic E-state index is 12.5. The average Bonchev–Trinajstić information content (AvgIpc) is 3.58. The number of aromatic nitrogens is 1. The number of rotatable bonds is 9. The Kier molecular flexibility index (Phi) is 8.71. The minimum atomic E-state index is -0.257. The molecule has 2 aromatic heterocycles. The zero-order valence-corrected chi connectivity index (χ0v) is 24.8. The number of halogens is 2.